The molecule has 1 aromatic carbocycles. The minimum absolute atomic E-state index is 0.0218. The van der Waals surface area contributed by atoms with Gasteiger partial charge in [0.05, 0.1) is 23.8 Å². The van der Waals surface area contributed by atoms with Crippen molar-refractivity contribution in [2.45, 2.75) is 26.3 Å². The second kappa shape index (κ2) is 6.83. The molecular weight excluding hydrogens is 302 g/mol. The van der Waals surface area contributed by atoms with Crippen LogP contribution in [0.5, 0.6) is 0 Å². The van der Waals surface area contributed by atoms with E-state index in [2.05, 4.69) is 10.3 Å². The van der Waals surface area contributed by atoms with Gasteiger partial charge in [0, 0.05) is 18.7 Å². The second-order valence-corrected chi connectivity index (χ2v) is 6.21. The fourth-order valence-electron chi connectivity index (χ4n) is 2.98. The summed E-state index contributed by atoms with van der Waals surface area (Å²) in [5.41, 5.74) is 2.63. The van der Waals surface area contributed by atoms with Crippen LogP contribution in [0.25, 0.3) is 0 Å². The SMILES string of the molecule is Cc1ccc(NC(=O)C2CC(=O)N(C(C)c3ccccc3)C2)cn1. The summed E-state index contributed by atoms with van der Waals surface area (Å²) >= 11 is 0. The number of carbonyl (C=O) groups excluding carboxylic acids is 2. The number of hydrogen-bond donors (Lipinski definition) is 1. The van der Waals surface area contributed by atoms with Crippen molar-refractivity contribution >= 4 is 17.5 Å². The summed E-state index contributed by atoms with van der Waals surface area (Å²) in [5.74, 6) is -0.435. The first kappa shape index (κ1) is 16.2. The van der Waals surface area contributed by atoms with Gasteiger partial charge in [0.1, 0.15) is 0 Å². The normalized spacial score (nSPS) is 18.5. The highest BCUT2D eigenvalue weighted by molar-refractivity contribution is 5.97. The molecule has 2 heterocycles. The molecule has 0 radical (unpaired) electrons. The molecule has 1 saturated heterocycles. The van der Waals surface area contributed by atoms with E-state index in [4.69, 9.17) is 0 Å². The second-order valence-electron chi connectivity index (χ2n) is 6.21. The molecule has 124 valence electrons. The number of pyridine rings is 1. The molecule has 3 rings (SSSR count). The van der Waals surface area contributed by atoms with Gasteiger partial charge in [0.15, 0.2) is 0 Å². The smallest absolute Gasteiger partial charge is 0.229 e. The summed E-state index contributed by atoms with van der Waals surface area (Å²) in [6.07, 6.45) is 1.89. The van der Waals surface area contributed by atoms with Crippen LogP contribution in [0.4, 0.5) is 5.69 Å². The van der Waals surface area contributed by atoms with Gasteiger partial charge < -0.3 is 10.2 Å². The molecule has 1 aliphatic rings. The molecule has 0 spiro atoms. The molecule has 2 unspecified atom stereocenters. The summed E-state index contributed by atoms with van der Waals surface area (Å²) < 4.78 is 0. The Morgan fingerprint density at radius 1 is 1.25 bits per heavy atom. The fraction of sp³-hybridized carbons (Fsp3) is 0.316. The molecule has 2 atom stereocenters. The maximum atomic E-state index is 12.4. The Bertz CT molecular complexity index is 728. The van der Waals surface area contributed by atoms with Gasteiger partial charge in [-0.3, -0.25) is 14.6 Å². The zero-order chi connectivity index (χ0) is 17.1. The number of carbonyl (C=O) groups is 2. The van der Waals surface area contributed by atoms with Gasteiger partial charge in [0.2, 0.25) is 11.8 Å². The maximum absolute atomic E-state index is 12.4. The standard InChI is InChI=1S/C19H21N3O2/c1-13-8-9-17(11-20-13)21-19(24)16-10-18(23)22(12-16)14(2)15-6-4-3-5-7-15/h3-9,11,14,16H,10,12H2,1-2H3,(H,21,24). The van der Waals surface area contributed by atoms with Crippen LogP contribution in [0.15, 0.2) is 48.7 Å². The van der Waals surface area contributed by atoms with Crippen molar-refractivity contribution in [3.8, 4) is 0 Å². The van der Waals surface area contributed by atoms with Gasteiger partial charge in [-0.15, -0.1) is 0 Å². The van der Waals surface area contributed by atoms with Crippen molar-refractivity contribution in [1.82, 2.24) is 9.88 Å². The predicted octanol–water partition coefficient (Wildman–Crippen LogP) is 2.94. The molecule has 1 N–H and O–H groups in total. The Balaban J connectivity index is 1.65. The van der Waals surface area contributed by atoms with E-state index in [1.54, 1.807) is 11.1 Å². The molecule has 0 saturated carbocycles. The Morgan fingerprint density at radius 3 is 2.67 bits per heavy atom. The lowest BCUT2D eigenvalue weighted by molar-refractivity contribution is -0.129. The molecule has 0 bridgehead atoms. The van der Waals surface area contributed by atoms with E-state index in [-0.39, 0.29) is 30.2 Å². The highest BCUT2D eigenvalue weighted by Gasteiger charge is 2.36. The van der Waals surface area contributed by atoms with E-state index in [1.807, 2.05) is 56.3 Å². The topological polar surface area (TPSA) is 62.3 Å². The average Bonchev–Trinajstić information content (AvgIpc) is 2.99. The quantitative estimate of drug-likeness (QED) is 0.941. The van der Waals surface area contributed by atoms with Crippen LogP contribution in [0.3, 0.4) is 0 Å². The van der Waals surface area contributed by atoms with E-state index in [9.17, 15) is 9.59 Å². The van der Waals surface area contributed by atoms with E-state index in [0.717, 1.165) is 11.3 Å². The molecule has 1 aliphatic heterocycles. The number of benzene rings is 1. The van der Waals surface area contributed by atoms with Crippen molar-refractivity contribution < 1.29 is 9.59 Å². The van der Waals surface area contributed by atoms with Crippen molar-refractivity contribution in [1.29, 1.82) is 0 Å². The minimum atomic E-state index is -0.329. The van der Waals surface area contributed by atoms with Crippen LogP contribution >= 0.6 is 0 Å². The summed E-state index contributed by atoms with van der Waals surface area (Å²) in [6.45, 7) is 4.33. The van der Waals surface area contributed by atoms with Crippen molar-refractivity contribution in [2.75, 3.05) is 11.9 Å². The van der Waals surface area contributed by atoms with Gasteiger partial charge in [-0.25, -0.2) is 0 Å². The lowest BCUT2D eigenvalue weighted by Gasteiger charge is -2.25. The van der Waals surface area contributed by atoms with Crippen LogP contribution in [0, 0.1) is 12.8 Å². The number of hydrogen-bond acceptors (Lipinski definition) is 3. The Labute approximate surface area is 141 Å². The molecule has 0 aliphatic carbocycles. The Kier molecular flexibility index (Phi) is 4.60. The molecule has 2 aromatic rings. The van der Waals surface area contributed by atoms with E-state index in [1.165, 1.54) is 0 Å². The van der Waals surface area contributed by atoms with Crippen LogP contribution in [-0.4, -0.2) is 28.2 Å². The van der Waals surface area contributed by atoms with E-state index in [0.29, 0.717) is 12.2 Å². The highest BCUT2D eigenvalue weighted by atomic mass is 16.2. The summed E-state index contributed by atoms with van der Waals surface area (Å²) in [7, 11) is 0. The molecule has 2 amide bonds. The average molecular weight is 323 g/mol. The number of likely N-dealkylation sites (tertiary alicyclic amines) is 1. The maximum Gasteiger partial charge on any atom is 0.229 e. The van der Waals surface area contributed by atoms with Crippen LogP contribution in [0.2, 0.25) is 0 Å². The molecule has 5 nitrogen and oxygen atoms in total. The number of aryl methyl sites for hydroxylation is 1. The zero-order valence-corrected chi connectivity index (χ0v) is 13.9. The predicted molar refractivity (Wildman–Crippen MR) is 92.3 cm³/mol. The van der Waals surface area contributed by atoms with Gasteiger partial charge in [-0.1, -0.05) is 30.3 Å². The van der Waals surface area contributed by atoms with Crippen LogP contribution in [0.1, 0.15) is 30.6 Å². The summed E-state index contributed by atoms with van der Waals surface area (Å²) in [5, 5.41) is 2.85. The van der Waals surface area contributed by atoms with Crippen LogP contribution in [-0.2, 0) is 9.59 Å². The Hall–Kier alpha value is -2.69. The van der Waals surface area contributed by atoms with E-state index >= 15 is 0 Å². The van der Waals surface area contributed by atoms with Gasteiger partial charge in [-0.05, 0) is 31.5 Å². The van der Waals surface area contributed by atoms with Crippen molar-refractivity contribution in [2.24, 2.45) is 5.92 Å². The molecule has 5 heteroatoms. The number of anilines is 1. The first-order valence-corrected chi connectivity index (χ1v) is 8.12. The first-order valence-electron chi connectivity index (χ1n) is 8.12. The number of nitrogens with zero attached hydrogens (tertiary/aromatic N) is 2. The third-order valence-electron chi connectivity index (χ3n) is 4.46. The molecule has 1 aromatic heterocycles. The molecular formula is C19H21N3O2. The fourth-order valence-corrected chi connectivity index (χ4v) is 2.98. The number of aromatic nitrogens is 1. The van der Waals surface area contributed by atoms with Gasteiger partial charge >= 0.3 is 0 Å². The third kappa shape index (κ3) is 3.45. The summed E-state index contributed by atoms with van der Waals surface area (Å²) in [4.78, 5) is 30.7. The zero-order valence-electron chi connectivity index (χ0n) is 13.9. The largest absolute Gasteiger partial charge is 0.335 e. The number of nitrogens with one attached hydrogen (secondary N) is 1. The molecule has 24 heavy (non-hydrogen) atoms. The lowest BCUT2D eigenvalue weighted by atomic mass is 10.1. The van der Waals surface area contributed by atoms with Crippen molar-refractivity contribution in [3.63, 3.8) is 0 Å². The highest BCUT2D eigenvalue weighted by Crippen LogP contribution is 2.29. The van der Waals surface area contributed by atoms with Gasteiger partial charge in [-0.2, -0.15) is 0 Å². The number of rotatable bonds is 4. The van der Waals surface area contributed by atoms with Crippen LogP contribution < -0.4 is 5.32 Å². The Morgan fingerprint density at radius 2 is 2.00 bits per heavy atom. The minimum Gasteiger partial charge on any atom is -0.335 e. The lowest BCUT2D eigenvalue weighted by Crippen LogP contribution is -2.30. The monoisotopic (exact) mass is 323 g/mol. The van der Waals surface area contributed by atoms with Gasteiger partial charge in [0.25, 0.3) is 0 Å². The number of amides is 2. The summed E-state index contributed by atoms with van der Waals surface area (Å²) in [6, 6.07) is 13.5. The van der Waals surface area contributed by atoms with E-state index < -0.39 is 0 Å². The third-order valence-corrected chi connectivity index (χ3v) is 4.46. The van der Waals surface area contributed by atoms with Crippen molar-refractivity contribution in [3.05, 3.63) is 59.9 Å². The first-order chi connectivity index (χ1) is 11.5. The molecule has 1 fully saturated rings.